The van der Waals surface area contributed by atoms with Gasteiger partial charge < -0.3 is 4.98 Å². The highest BCUT2D eigenvalue weighted by atomic mass is 32.2. The Kier molecular flexibility index (Phi) is 5.84. The second kappa shape index (κ2) is 8.54. The molecule has 1 aliphatic carbocycles. The van der Waals surface area contributed by atoms with Crippen LogP contribution in [0.25, 0.3) is 21.8 Å². The fourth-order valence-corrected chi connectivity index (χ4v) is 7.42. The minimum atomic E-state index is -4.35. The predicted molar refractivity (Wildman–Crippen MR) is 120 cm³/mol. The molecule has 1 aliphatic heterocycles. The van der Waals surface area contributed by atoms with E-state index in [4.69, 9.17) is 4.98 Å². The number of hydrogen-bond donors (Lipinski definition) is 1. The Morgan fingerprint density at radius 1 is 1.06 bits per heavy atom. The van der Waals surface area contributed by atoms with Gasteiger partial charge in [0.05, 0.1) is 17.4 Å². The minimum absolute atomic E-state index is 0.00224. The van der Waals surface area contributed by atoms with Crippen molar-refractivity contribution < 1.29 is 21.6 Å². The number of piperidine rings is 1. The number of alkyl halides is 3. The summed E-state index contributed by atoms with van der Waals surface area (Å²) in [6.45, 7) is -0.258. The predicted octanol–water partition coefficient (Wildman–Crippen LogP) is 4.99. The highest BCUT2D eigenvalue weighted by molar-refractivity contribution is 7.89. The lowest BCUT2D eigenvalue weighted by molar-refractivity contribution is -0.182. The van der Waals surface area contributed by atoms with Crippen LogP contribution in [0.2, 0.25) is 0 Å². The van der Waals surface area contributed by atoms with Crippen molar-refractivity contribution in [1.29, 1.82) is 0 Å². The van der Waals surface area contributed by atoms with Crippen molar-refractivity contribution in [3.8, 4) is 0 Å². The molecule has 1 N–H and O–H groups in total. The van der Waals surface area contributed by atoms with E-state index in [0.717, 1.165) is 57.5 Å². The van der Waals surface area contributed by atoms with E-state index in [0.29, 0.717) is 0 Å². The van der Waals surface area contributed by atoms with Crippen molar-refractivity contribution in [3.05, 3.63) is 36.4 Å². The van der Waals surface area contributed by atoms with Gasteiger partial charge in [0.1, 0.15) is 5.65 Å². The third-order valence-corrected chi connectivity index (χ3v) is 9.28. The second-order valence-electron chi connectivity index (χ2n) is 9.39. The Hall–Kier alpha value is -2.20. The largest absolute Gasteiger partial charge is 0.393 e. The Morgan fingerprint density at radius 2 is 1.85 bits per heavy atom. The van der Waals surface area contributed by atoms with Crippen LogP contribution in [0.1, 0.15) is 50.1 Å². The van der Waals surface area contributed by atoms with Gasteiger partial charge in [-0.2, -0.15) is 13.2 Å². The molecule has 1 saturated heterocycles. The number of fused-ring (bicyclic) bond motifs is 3. The number of aromatic nitrogens is 3. The molecule has 2 fully saturated rings. The first kappa shape index (κ1) is 22.6. The molecule has 3 aromatic rings. The molecular weight excluding hydrogens is 453 g/mol. The first-order valence-corrected chi connectivity index (χ1v) is 13.1. The average molecular weight is 481 g/mol. The second-order valence-corrected chi connectivity index (χ2v) is 11.4. The summed E-state index contributed by atoms with van der Waals surface area (Å²) in [5.74, 6) is -1.46. The summed E-state index contributed by atoms with van der Waals surface area (Å²) < 4.78 is 66.2. The van der Waals surface area contributed by atoms with Crippen LogP contribution in [0.3, 0.4) is 0 Å². The molecule has 0 amide bonds. The van der Waals surface area contributed by atoms with Crippen LogP contribution >= 0.6 is 0 Å². The maximum atomic E-state index is 13.1. The van der Waals surface area contributed by atoms with Crippen molar-refractivity contribution in [2.24, 2.45) is 11.8 Å². The number of hydrogen-bond acceptors (Lipinski definition) is 4. The lowest BCUT2D eigenvalue weighted by Crippen LogP contribution is -2.46. The number of nitrogens with zero attached hydrogens (tertiary/aromatic N) is 3. The number of H-pyrrole nitrogens is 1. The standard InChI is InChI=1S/C23H27F3N4O2S/c24-23(25,26)17-2-1-11-30(13-17)33(31,32)14-15-3-5-16(6-4-15)21-18-7-9-27-12-20(18)19-8-10-28-22(19)29-21/h7-10,12,15-17H,1-6,11,13-14H2,(H,28,29). The summed E-state index contributed by atoms with van der Waals surface area (Å²) in [7, 11) is -3.71. The van der Waals surface area contributed by atoms with Crippen molar-refractivity contribution in [2.45, 2.75) is 50.6 Å². The smallest absolute Gasteiger partial charge is 0.346 e. The van der Waals surface area contributed by atoms with E-state index in [-0.39, 0.29) is 37.0 Å². The Bertz CT molecular complexity index is 1250. The van der Waals surface area contributed by atoms with Crippen LogP contribution in [-0.4, -0.2) is 52.7 Å². The molecule has 5 rings (SSSR count). The number of nitrogens with one attached hydrogen (secondary N) is 1. The van der Waals surface area contributed by atoms with Gasteiger partial charge in [0.25, 0.3) is 0 Å². The molecule has 1 saturated carbocycles. The first-order valence-electron chi connectivity index (χ1n) is 11.5. The van der Waals surface area contributed by atoms with Crippen LogP contribution in [0.5, 0.6) is 0 Å². The Labute approximate surface area is 190 Å². The quantitative estimate of drug-likeness (QED) is 0.571. The molecule has 0 radical (unpaired) electrons. The number of pyridine rings is 2. The van der Waals surface area contributed by atoms with Gasteiger partial charge in [-0.25, -0.2) is 17.7 Å². The van der Waals surface area contributed by atoms with Gasteiger partial charge >= 0.3 is 6.18 Å². The summed E-state index contributed by atoms with van der Waals surface area (Å²) in [5.41, 5.74) is 1.83. The van der Waals surface area contributed by atoms with Crippen LogP contribution in [0.15, 0.2) is 30.7 Å². The average Bonchev–Trinajstić information content (AvgIpc) is 3.27. The van der Waals surface area contributed by atoms with Gasteiger partial charge in [-0.15, -0.1) is 0 Å². The molecular formula is C23H27F3N4O2S. The van der Waals surface area contributed by atoms with Gasteiger partial charge in [0, 0.05) is 53.8 Å². The molecule has 33 heavy (non-hydrogen) atoms. The molecule has 1 unspecified atom stereocenters. The van der Waals surface area contributed by atoms with Crippen molar-refractivity contribution in [2.75, 3.05) is 18.8 Å². The summed E-state index contributed by atoms with van der Waals surface area (Å²) in [5, 5.41) is 3.15. The van der Waals surface area contributed by atoms with Crippen LogP contribution in [-0.2, 0) is 10.0 Å². The maximum absolute atomic E-state index is 13.1. The number of halogens is 3. The number of aromatic amines is 1. The first-order chi connectivity index (χ1) is 15.7. The summed E-state index contributed by atoms with van der Waals surface area (Å²) in [6, 6.07) is 3.97. The zero-order valence-electron chi connectivity index (χ0n) is 18.2. The maximum Gasteiger partial charge on any atom is 0.393 e. The van der Waals surface area contributed by atoms with Crippen LogP contribution in [0.4, 0.5) is 13.2 Å². The highest BCUT2D eigenvalue weighted by Crippen LogP contribution is 2.40. The van der Waals surface area contributed by atoms with E-state index >= 15 is 0 Å². The summed E-state index contributed by atoms with van der Waals surface area (Å²) in [4.78, 5) is 12.3. The van der Waals surface area contributed by atoms with Crippen molar-refractivity contribution in [1.82, 2.24) is 19.3 Å². The zero-order chi connectivity index (χ0) is 23.2. The van der Waals surface area contributed by atoms with Crippen molar-refractivity contribution in [3.63, 3.8) is 0 Å². The van der Waals surface area contributed by atoms with E-state index in [1.807, 2.05) is 24.5 Å². The number of rotatable bonds is 4. The molecule has 1 atom stereocenters. The van der Waals surface area contributed by atoms with Gasteiger partial charge in [-0.1, -0.05) is 0 Å². The Balaban J connectivity index is 1.28. The minimum Gasteiger partial charge on any atom is -0.346 e. The normalized spacial score (nSPS) is 25.6. The molecule has 4 heterocycles. The van der Waals surface area contributed by atoms with Crippen LogP contribution in [0, 0.1) is 11.8 Å². The fourth-order valence-electron chi connectivity index (χ4n) is 5.46. The molecule has 178 valence electrons. The van der Waals surface area contributed by atoms with Gasteiger partial charge in [-0.05, 0) is 56.6 Å². The SMILES string of the molecule is O=S(=O)(CC1CCC(c2nc3[nH]ccc3c3cnccc23)CC1)N1CCCC(C(F)(F)F)C1. The molecule has 0 aromatic carbocycles. The van der Waals surface area contributed by atoms with E-state index in [9.17, 15) is 21.6 Å². The van der Waals surface area contributed by atoms with E-state index in [1.54, 1.807) is 6.20 Å². The lowest BCUT2D eigenvalue weighted by Gasteiger charge is -2.35. The lowest BCUT2D eigenvalue weighted by atomic mass is 9.80. The van der Waals surface area contributed by atoms with Gasteiger partial charge in [-0.3, -0.25) is 4.98 Å². The third-order valence-electron chi connectivity index (χ3n) is 7.26. The van der Waals surface area contributed by atoms with E-state index in [1.165, 1.54) is 0 Å². The summed E-state index contributed by atoms with van der Waals surface area (Å²) >= 11 is 0. The van der Waals surface area contributed by atoms with Crippen molar-refractivity contribution >= 4 is 31.8 Å². The zero-order valence-corrected chi connectivity index (χ0v) is 19.0. The van der Waals surface area contributed by atoms with E-state index < -0.39 is 28.7 Å². The Morgan fingerprint density at radius 3 is 2.61 bits per heavy atom. The third kappa shape index (κ3) is 4.47. The summed E-state index contributed by atoms with van der Waals surface area (Å²) in [6.07, 6.45) is 4.43. The molecule has 0 bridgehead atoms. The fraction of sp³-hybridized carbons (Fsp3) is 0.565. The monoisotopic (exact) mass is 480 g/mol. The molecule has 0 spiro atoms. The number of sulfonamides is 1. The van der Waals surface area contributed by atoms with Crippen LogP contribution < -0.4 is 0 Å². The van der Waals surface area contributed by atoms with E-state index in [2.05, 4.69) is 9.97 Å². The van der Waals surface area contributed by atoms with Gasteiger partial charge in [0.15, 0.2) is 0 Å². The van der Waals surface area contributed by atoms with Gasteiger partial charge in [0.2, 0.25) is 10.0 Å². The molecule has 6 nitrogen and oxygen atoms in total. The highest BCUT2D eigenvalue weighted by Gasteiger charge is 2.44. The molecule has 10 heteroatoms. The topological polar surface area (TPSA) is 79.0 Å². The molecule has 2 aliphatic rings. The molecule has 3 aromatic heterocycles.